The van der Waals surface area contributed by atoms with Crippen LogP contribution >= 0.6 is 24.0 Å². The van der Waals surface area contributed by atoms with E-state index in [0.717, 1.165) is 71.4 Å². The number of aliphatic imine (C=N–C) groups is 1. The van der Waals surface area contributed by atoms with Gasteiger partial charge in [-0.05, 0) is 45.2 Å². The van der Waals surface area contributed by atoms with Crippen LogP contribution in [-0.2, 0) is 17.7 Å². The number of fused-ring (bicyclic) bond motifs is 1. The zero-order valence-electron chi connectivity index (χ0n) is 19.1. The Labute approximate surface area is 199 Å². The molecule has 3 rings (SSSR count). The standard InChI is InChI=1S/C23H39N5O.HI/c1-5-24-22(26-18-23(3,4)28-12-14-29-15-13-28)25-16-19(2)27-11-10-20-8-6-7-9-21(20)17-27;/h6-9,19H,5,10-18H2,1-4H3,(H2,24,25,26);1H. The molecule has 1 aromatic carbocycles. The summed E-state index contributed by atoms with van der Waals surface area (Å²) in [6, 6.07) is 9.29. The summed E-state index contributed by atoms with van der Waals surface area (Å²) in [6.07, 6.45) is 1.14. The van der Waals surface area contributed by atoms with Crippen molar-refractivity contribution in [2.24, 2.45) is 4.99 Å². The van der Waals surface area contributed by atoms with Crippen LogP contribution in [0.2, 0.25) is 0 Å². The van der Waals surface area contributed by atoms with Gasteiger partial charge in [0.1, 0.15) is 0 Å². The van der Waals surface area contributed by atoms with Crippen molar-refractivity contribution in [1.82, 2.24) is 20.4 Å². The number of nitrogens with zero attached hydrogens (tertiary/aromatic N) is 3. The monoisotopic (exact) mass is 529 g/mol. The third kappa shape index (κ3) is 7.07. The predicted molar refractivity (Wildman–Crippen MR) is 136 cm³/mol. The first-order valence-electron chi connectivity index (χ1n) is 11.2. The Hall–Kier alpha value is -0.900. The highest BCUT2D eigenvalue weighted by atomic mass is 127. The Morgan fingerprint density at radius 1 is 1.13 bits per heavy atom. The summed E-state index contributed by atoms with van der Waals surface area (Å²) in [4.78, 5) is 9.96. The van der Waals surface area contributed by atoms with Crippen molar-refractivity contribution in [2.75, 3.05) is 52.5 Å². The van der Waals surface area contributed by atoms with E-state index in [1.54, 1.807) is 0 Å². The van der Waals surface area contributed by atoms with Crippen LogP contribution in [0.3, 0.4) is 0 Å². The largest absolute Gasteiger partial charge is 0.379 e. The summed E-state index contributed by atoms with van der Waals surface area (Å²) in [5.41, 5.74) is 3.01. The molecule has 30 heavy (non-hydrogen) atoms. The molecule has 0 aromatic heterocycles. The van der Waals surface area contributed by atoms with Crippen LogP contribution in [0.1, 0.15) is 38.8 Å². The van der Waals surface area contributed by atoms with Crippen molar-refractivity contribution in [1.29, 1.82) is 0 Å². The lowest BCUT2D eigenvalue weighted by Crippen LogP contribution is -2.52. The molecule has 0 bridgehead atoms. The van der Waals surface area contributed by atoms with Crippen LogP contribution in [0.5, 0.6) is 0 Å². The van der Waals surface area contributed by atoms with Crippen molar-refractivity contribution < 1.29 is 4.74 Å². The van der Waals surface area contributed by atoms with Gasteiger partial charge < -0.3 is 15.4 Å². The number of guanidine groups is 1. The summed E-state index contributed by atoms with van der Waals surface area (Å²) in [5, 5.41) is 6.98. The number of hydrogen-bond donors (Lipinski definition) is 2. The molecule has 1 fully saturated rings. The fourth-order valence-electron chi connectivity index (χ4n) is 4.15. The van der Waals surface area contributed by atoms with Gasteiger partial charge in [-0.15, -0.1) is 24.0 Å². The minimum absolute atomic E-state index is 0. The van der Waals surface area contributed by atoms with Gasteiger partial charge >= 0.3 is 0 Å². The Balaban J connectivity index is 0.00000320. The first-order valence-corrected chi connectivity index (χ1v) is 11.2. The molecule has 0 spiro atoms. The first-order chi connectivity index (χ1) is 14.0. The number of benzene rings is 1. The fraction of sp³-hybridized carbons (Fsp3) is 0.696. The van der Waals surface area contributed by atoms with Gasteiger partial charge in [-0.1, -0.05) is 24.3 Å². The molecule has 2 aliphatic heterocycles. The number of halogens is 1. The van der Waals surface area contributed by atoms with Gasteiger partial charge in [0.2, 0.25) is 0 Å². The molecular formula is C23H40IN5O. The second-order valence-corrected chi connectivity index (χ2v) is 8.83. The van der Waals surface area contributed by atoms with E-state index in [0.29, 0.717) is 6.04 Å². The van der Waals surface area contributed by atoms with E-state index in [4.69, 9.17) is 9.73 Å². The van der Waals surface area contributed by atoms with Crippen LogP contribution in [0, 0.1) is 0 Å². The smallest absolute Gasteiger partial charge is 0.191 e. The molecule has 1 atom stereocenters. The molecule has 7 heteroatoms. The number of nitrogens with one attached hydrogen (secondary N) is 2. The van der Waals surface area contributed by atoms with E-state index in [1.165, 1.54) is 11.1 Å². The van der Waals surface area contributed by atoms with Gasteiger partial charge in [0, 0.05) is 50.8 Å². The molecule has 6 nitrogen and oxygen atoms in total. The molecule has 1 unspecified atom stereocenters. The van der Waals surface area contributed by atoms with Gasteiger partial charge in [0.05, 0.1) is 19.8 Å². The van der Waals surface area contributed by atoms with Crippen LogP contribution in [0.15, 0.2) is 29.3 Å². The highest BCUT2D eigenvalue weighted by Gasteiger charge is 2.28. The summed E-state index contributed by atoms with van der Waals surface area (Å²) in [7, 11) is 0. The second-order valence-electron chi connectivity index (χ2n) is 8.83. The maximum absolute atomic E-state index is 5.50. The number of ether oxygens (including phenoxy) is 1. The Morgan fingerprint density at radius 2 is 1.83 bits per heavy atom. The lowest BCUT2D eigenvalue weighted by molar-refractivity contribution is -0.00684. The van der Waals surface area contributed by atoms with Gasteiger partial charge in [-0.3, -0.25) is 14.8 Å². The molecule has 0 radical (unpaired) electrons. The van der Waals surface area contributed by atoms with E-state index in [-0.39, 0.29) is 29.5 Å². The third-order valence-electron chi connectivity index (χ3n) is 6.18. The van der Waals surface area contributed by atoms with Crippen molar-refractivity contribution in [3.05, 3.63) is 35.4 Å². The number of hydrogen-bond acceptors (Lipinski definition) is 4. The van der Waals surface area contributed by atoms with E-state index >= 15 is 0 Å². The normalized spacial score (nSPS) is 19.5. The highest BCUT2D eigenvalue weighted by molar-refractivity contribution is 14.0. The van der Waals surface area contributed by atoms with E-state index in [9.17, 15) is 0 Å². The van der Waals surface area contributed by atoms with Gasteiger partial charge in [-0.2, -0.15) is 0 Å². The predicted octanol–water partition coefficient (Wildman–Crippen LogP) is 2.72. The molecule has 0 aliphatic carbocycles. The van der Waals surface area contributed by atoms with Crippen LogP contribution < -0.4 is 10.6 Å². The summed E-state index contributed by atoms with van der Waals surface area (Å²) < 4.78 is 5.50. The number of morpholine rings is 1. The van der Waals surface area contributed by atoms with Crippen LogP contribution in [0.25, 0.3) is 0 Å². The molecular weight excluding hydrogens is 489 g/mol. The van der Waals surface area contributed by atoms with Gasteiger partial charge in [0.25, 0.3) is 0 Å². The quantitative estimate of drug-likeness (QED) is 0.323. The molecule has 1 aromatic rings. The van der Waals surface area contributed by atoms with Gasteiger partial charge in [-0.25, -0.2) is 0 Å². The molecule has 2 aliphatic rings. The van der Waals surface area contributed by atoms with Crippen LogP contribution in [-0.4, -0.2) is 79.8 Å². The maximum atomic E-state index is 5.50. The van der Waals surface area contributed by atoms with Crippen molar-refractivity contribution >= 4 is 29.9 Å². The molecule has 2 N–H and O–H groups in total. The molecule has 1 saturated heterocycles. The summed E-state index contributed by atoms with van der Waals surface area (Å²) in [6.45, 7) is 17.3. The van der Waals surface area contributed by atoms with Crippen molar-refractivity contribution in [2.45, 2.75) is 52.2 Å². The van der Waals surface area contributed by atoms with Crippen molar-refractivity contribution in [3.8, 4) is 0 Å². The lowest BCUT2D eigenvalue weighted by atomic mass is 9.99. The number of rotatable bonds is 7. The Morgan fingerprint density at radius 3 is 2.53 bits per heavy atom. The second kappa shape index (κ2) is 12.2. The van der Waals surface area contributed by atoms with E-state index in [2.05, 4.69) is 72.4 Å². The topological polar surface area (TPSA) is 52.1 Å². The molecule has 0 amide bonds. The average molecular weight is 530 g/mol. The maximum Gasteiger partial charge on any atom is 0.191 e. The molecule has 170 valence electrons. The molecule has 0 saturated carbocycles. The molecule has 2 heterocycles. The summed E-state index contributed by atoms with van der Waals surface area (Å²) in [5.74, 6) is 0.915. The Bertz CT molecular complexity index is 675. The fourth-order valence-corrected chi connectivity index (χ4v) is 4.15. The zero-order chi connectivity index (χ0) is 20.7. The third-order valence-corrected chi connectivity index (χ3v) is 6.18. The zero-order valence-corrected chi connectivity index (χ0v) is 21.4. The Kier molecular flexibility index (Phi) is 10.3. The highest BCUT2D eigenvalue weighted by Crippen LogP contribution is 2.20. The van der Waals surface area contributed by atoms with Gasteiger partial charge in [0.15, 0.2) is 5.96 Å². The minimum atomic E-state index is 0. The SMILES string of the molecule is CCNC(=NCC(C)(C)N1CCOCC1)NCC(C)N1CCc2ccccc2C1.I. The van der Waals surface area contributed by atoms with E-state index < -0.39 is 0 Å². The average Bonchev–Trinajstić information content (AvgIpc) is 2.75. The summed E-state index contributed by atoms with van der Waals surface area (Å²) >= 11 is 0. The first kappa shape index (κ1) is 25.4. The van der Waals surface area contributed by atoms with E-state index in [1.807, 2.05) is 0 Å². The lowest BCUT2D eigenvalue weighted by Gasteiger charge is -2.40. The van der Waals surface area contributed by atoms with Crippen LogP contribution in [0.4, 0.5) is 0 Å². The minimum Gasteiger partial charge on any atom is -0.379 e. The van der Waals surface area contributed by atoms with Crippen molar-refractivity contribution in [3.63, 3.8) is 0 Å².